The highest BCUT2D eigenvalue weighted by Gasteiger charge is 2.37. The highest BCUT2D eigenvalue weighted by molar-refractivity contribution is 7.18. The van der Waals surface area contributed by atoms with E-state index in [2.05, 4.69) is 27.3 Å². The highest BCUT2D eigenvalue weighted by atomic mass is 35.5. The average molecular weight is 388 g/mol. The maximum atomic E-state index is 12.3. The molecule has 0 radical (unpaired) electrons. The Morgan fingerprint density at radius 1 is 1.21 bits per heavy atom. The molecule has 1 N–H and O–H groups in total. The van der Waals surface area contributed by atoms with Crippen molar-refractivity contribution in [2.75, 3.05) is 26.2 Å². The van der Waals surface area contributed by atoms with Crippen molar-refractivity contribution in [1.29, 1.82) is 0 Å². The van der Waals surface area contributed by atoms with Crippen LogP contribution in [0, 0.1) is 11.8 Å². The summed E-state index contributed by atoms with van der Waals surface area (Å²) in [4.78, 5) is 19.0. The molecule has 2 atom stereocenters. The number of para-hydroxylation sites is 1. The Hall–Kier alpha value is -0.880. The van der Waals surface area contributed by atoms with E-state index in [4.69, 9.17) is 0 Å². The molecule has 3 heterocycles. The zero-order valence-corrected chi connectivity index (χ0v) is 15.9. The molecule has 7 heteroatoms. The number of rotatable bonds is 4. The van der Waals surface area contributed by atoms with Crippen LogP contribution in [-0.4, -0.2) is 42.0 Å². The lowest BCUT2D eigenvalue weighted by Gasteiger charge is -2.17. The summed E-state index contributed by atoms with van der Waals surface area (Å²) >= 11 is 1.75. The first-order chi connectivity index (χ1) is 10.8. The lowest BCUT2D eigenvalue weighted by atomic mass is 10.0. The number of nitrogens with one attached hydrogen (secondary N) is 1. The Kier molecular flexibility index (Phi) is 6.87. The molecule has 1 aromatic carbocycles. The Labute approximate surface area is 158 Å². The molecular weight excluding hydrogens is 365 g/mol. The van der Waals surface area contributed by atoms with E-state index in [1.165, 1.54) is 4.70 Å². The molecule has 0 bridgehead atoms. The minimum absolute atomic E-state index is 0. The minimum Gasteiger partial charge on any atom is -0.342 e. The summed E-state index contributed by atoms with van der Waals surface area (Å²) in [6, 6.07) is 8.23. The van der Waals surface area contributed by atoms with Gasteiger partial charge in [0.1, 0.15) is 0 Å². The van der Waals surface area contributed by atoms with E-state index >= 15 is 0 Å². The summed E-state index contributed by atoms with van der Waals surface area (Å²) < 4.78 is 1.24. The number of carbonyl (C=O) groups excluding carboxylic acids is 1. The number of nitrogens with zero attached hydrogens (tertiary/aromatic N) is 2. The third kappa shape index (κ3) is 4.02. The molecule has 4 rings (SSSR count). The third-order valence-electron chi connectivity index (χ3n) is 4.86. The minimum atomic E-state index is 0. The van der Waals surface area contributed by atoms with Gasteiger partial charge in [-0.3, -0.25) is 4.79 Å². The average Bonchev–Trinajstić information content (AvgIpc) is 3.20. The van der Waals surface area contributed by atoms with Crippen LogP contribution in [0.3, 0.4) is 0 Å². The van der Waals surface area contributed by atoms with E-state index in [0.29, 0.717) is 24.2 Å². The van der Waals surface area contributed by atoms with E-state index in [1.54, 1.807) is 11.3 Å². The molecule has 0 saturated carbocycles. The normalized spacial score (nSPS) is 22.1. The second-order valence-electron chi connectivity index (χ2n) is 6.41. The maximum Gasteiger partial charge on any atom is 0.222 e. The molecule has 4 nitrogen and oxygen atoms in total. The van der Waals surface area contributed by atoms with Gasteiger partial charge in [0, 0.05) is 32.6 Å². The summed E-state index contributed by atoms with van der Waals surface area (Å²) in [5.74, 6) is 1.71. The molecule has 2 aromatic rings. The van der Waals surface area contributed by atoms with E-state index in [-0.39, 0.29) is 24.8 Å². The van der Waals surface area contributed by atoms with Crippen LogP contribution in [0.15, 0.2) is 24.3 Å². The van der Waals surface area contributed by atoms with Gasteiger partial charge in [-0.1, -0.05) is 12.1 Å². The van der Waals surface area contributed by atoms with Gasteiger partial charge in [0.2, 0.25) is 5.91 Å². The molecular formula is C17H23Cl2N3OS. The summed E-state index contributed by atoms with van der Waals surface area (Å²) in [6.45, 7) is 4.08. The molecule has 0 aliphatic carbocycles. The number of thiazole rings is 1. The van der Waals surface area contributed by atoms with Crippen molar-refractivity contribution >= 4 is 52.3 Å². The fourth-order valence-corrected chi connectivity index (χ4v) is 4.64. The Morgan fingerprint density at radius 2 is 1.92 bits per heavy atom. The number of halogens is 2. The van der Waals surface area contributed by atoms with Crippen LogP contribution in [0.1, 0.15) is 17.8 Å². The number of aromatic nitrogens is 1. The van der Waals surface area contributed by atoms with Crippen molar-refractivity contribution in [3.8, 4) is 0 Å². The van der Waals surface area contributed by atoms with Crippen LogP contribution in [0.2, 0.25) is 0 Å². The van der Waals surface area contributed by atoms with Gasteiger partial charge in [0.15, 0.2) is 0 Å². The summed E-state index contributed by atoms with van der Waals surface area (Å²) in [7, 11) is 0. The lowest BCUT2D eigenvalue weighted by molar-refractivity contribution is -0.130. The summed E-state index contributed by atoms with van der Waals surface area (Å²) in [6.07, 6.45) is 2.47. The Morgan fingerprint density at radius 3 is 2.62 bits per heavy atom. The van der Waals surface area contributed by atoms with Gasteiger partial charge in [0.25, 0.3) is 0 Å². The number of hydrogen-bond acceptors (Lipinski definition) is 4. The van der Waals surface area contributed by atoms with E-state index < -0.39 is 0 Å². The van der Waals surface area contributed by atoms with Gasteiger partial charge in [-0.05, 0) is 36.8 Å². The topological polar surface area (TPSA) is 45.2 Å². The molecule has 0 unspecified atom stereocenters. The number of carbonyl (C=O) groups is 1. The predicted octanol–water partition coefficient (Wildman–Crippen LogP) is 3.14. The van der Waals surface area contributed by atoms with E-state index in [0.717, 1.165) is 49.5 Å². The summed E-state index contributed by atoms with van der Waals surface area (Å²) in [5, 5.41) is 4.57. The van der Waals surface area contributed by atoms with Crippen molar-refractivity contribution in [3.05, 3.63) is 29.3 Å². The summed E-state index contributed by atoms with van der Waals surface area (Å²) in [5.41, 5.74) is 1.08. The number of aryl methyl sites for hydroxylation is 1. The fourth-order valence-electron chi connectivity index (χ4n) is 3.63. The van der Waals surface area contributed by atoms with E-state index in [9.17, 15) is 4.79 Å². The van der Waals surface area contributed by atoms with Crippen molar-refractivity contribution in [2.24, 2.45) is 11.8 Å². The third-order valence-corrected chi connectivity index (χ3v) is 5.96. The molecule has 0 spiro atoms. The van der Waals surface area contributed by atoms with Crippen molar-refractivity contribution in [3.63, 3.8) is 0 Å². The van der Waals surface area contributed by atoms with Crippen LogP contribution in [-0.2, 0) is 11.2 Å². The first-order valence-corrected chi connectivity index (χ1v) is 8.94. The van der Waals surface area contributed by atoms with Crippen LogP contribution >= 0.6 is 36.2 Å². The Bertz CT molecular complexity index is 648. The first kappa shape index (κ1) is 19.4. The number of hydrogen-bond donors (Lipinski definition) is 1. The van der Waals surface area contributed by atoms with Gasteiger partial charge >= 0.3 is 0 Å². The van der Waals surface area contributed by atoms with E-state index in [1.807, 2.05) is 12.1 Å². The lowest BCUT2D eigenvalue weighted by Crippen LogP contribution is -2.31. The molecule has 132 valence electrons. The molecule has 1 aromatic heterocycles. The smallest absolute Gasteiger partial charge is 0.222 e. The molecule has 2 aliphatic heterocycles. The number of amides is 1. The van der Waals surface area contributed by atoms with Gasteiger partial charge in [-0.25, -0.2) is 4.98 Å². The monoisotopic (exact) mass is 387 g/mol. The van der Waals surface area contributed by atoms with Crippen molar-refractivity contribution in [1.82, 2.24) is 15.2 Å². The fraction of sp³-hybridized carbons (Fsp3) is 0.529. The van der Waals surface area contributed by atoms with Gasteiger partial charge < -0.3 is 10.2 Å². The largest absolute Gasteiger partial charge is 0.342 e. The second kappa shape index (κ2) is 8.48. The SMILES string of the molecule is Cl.Cl.O=C(CCCc1nc2ccccc2s1)N1C[C@H]2CNC[C@H]2C1. The number of fused-ring (bicyclic) bond motifs is 2. The second-order valence-corrected chi connectivity index (χ2v) is 7.52. The van der Waals surface area contributed by atoms with Crippen molar-refractivity contribution < 1.29 is 4.79 Å². The Balaban J connectivity index is 0.00000104. The zero-order valence-electron chi connectivity index (χ0n) is 13.4. The molecule has 24 heavy (non-hydrogen) atoms. The molecule has 2 aliphatic rings. The van der Waals surface area contributed by atoms with Crippen LogP contribution in [0.4, 0.5) is 0 Å². The maximum absolute atomic E-state index is 12.3. The molecule has 1 amide bonds. The molecule has 2 saturated heterocycles. The predicted molar refractivity (Wildman–Crippen MR) is 103 cm³/mol. The quantitative estimate of drug-likeness (QED) is 0.875. The van der Waals surface area contributed by atoms with Gasteiger partial charge in [-0.2, -0.15) is 0 Å². The van der Waals surface area contributed by atoms with Crippen LogP contribution in [0.25, 0.3) is 10.2 Å². The first-order valence-electron chi connectivity index (χ1n) is 8.12. The molecule has 2 fully saturated rings. The van der Waals surface area contributed by atoms with Crippen LogP contribution in [0.5, 0.6) is 0 Å². The number of likely N-dealkylation sites (tertiary alicyclic amines) is 1. The van der Waals surface area contributed by atoms with Gasteiger partial charge in [-0.15, -0.1) is 36.2 Å². The van der Waals surface area contributed by atoms with Crippen LogP contribution < -0.4 is 5.32 Å². The zero-order chi connectivity index (χ0) is 14.9. The standard InChI is InChI=1S/C17H21N3OS.2ClH/c21-17(20-10-12-8-18-9-13(12)11-20)7-3-6-16-19-14-4-1-2-5-15(14)22-16;;/h1-2,4-5,12-13,18H,3,6-11H2;2*1H/t12-,13+;;. The van der Waals surface area contributed by atoms with Gasteiger partial charge in [0.05, 0.1) is 15.2 Å². The highest BCUT2D eigenvalue weighted by Crippen LogP contribution is 2.27. The van der Waals surface area contributed by atoms with Crippen molar-refractivity contribution in [2.45, 2.75) is 19.3 Å². The number of benzene rings is 1.